The summed E-state index contributed by atoms with van der Waals surface area (Å²) < 4.78 is 37.8. The molecule has 0 radical (unpaired) electrons. The number of rotatable bonds is 8. The van der Waals surface area contributed by atoms with Gasteiger partial charge in [-0.25, -0.2) is 18.2 Å². The molecule has 2 aliphatic heterocycles. The molecule has 1 aromatic heterocycles. The molecule has 32 heavy (non-hydrogen) atoms. The average molecular weight is 471 g/mol. The van der Waals surface area contributed by atoms with E-state index in [0.29, 0.717) is 58.0 Å². The number of carbonyl (C=O) groups is 1. The number of piperazine rings is 1. The van der Waals surface area contributed by atoms with Gasteiger partial charge in [-0.05, 0) is 24.5 Å². The number of pyridine rings is 1. The number of likely N-dealkylation sites (tertiary alicyclic amines) is 1. The molecule has 1 N–H and O–H groups in total. The molecule has 2 saturated heterocycles. The molecule has 0 saturated carbocycles. The van der Waals surface area contributed by atoms with Gasteiger partial charge in [-0.15, -0.1) is 0 Å². The molecule has 0 aliphatic carbocycles. The summed E-state index contributed by atoms with van der Waals surface area (Å²) in [6.07, 6.45) is 1.23. The van der Waals surface area contributed by atoms with Crippen LogP contribution in [0, 0.1) is 11.8 Å². The number of amides is 1. The van der Waals surface area contributed by atoms with E-state index < -0.39 is 16.1 Å². The lowest BCUT2D eigenvalue weighted by Crippen LogP contribution is -2.49. The molecule has 1 aromatic rings. The van der Waals surface area contributed by atoms with Gasteiger partial charge < -0.3 is 24.4 Å². The molecule has 0 spiro atoms. The molecule has 0 aromatic carbocycles. The van der Waals surface area contributed by atoms with Crippen molar-refractivity contribution in [1.82, 2.24) is 14.2 Å². The van der Waals surface area contributed by atoms with Crippen LogP contribution in [-0.4, -0.2) is 98.6 Å². The van der Waals surface area contributed by atoms with E-state index in [1.807, 2.05) is 26.0 Å². The lowest BCUT2D eigenvalue weighted by atomic mass is 9.95. The molecular formula is C21H34N4O6S. The normalized spacial score (nSPS) is 22.9. The van der Waals surface area contributed by atoms with Gasteiger partial charge in [-0.3, -0.25) is 0 Å². The summed E-state index contributed by atoms with van der Waals surface area (Å²) in [5.41, 5.74) is 0. The number of nitrogens with zero attached hydrogens (tertiary/aromatic N) is 4. The Balaban J connectivity index is 1.49. The van der Waals surface area contributed by atoms with E-state index in [-0.39, 0.29) is 23.7 Å². The van der Waals surface area contributed by atoms with Gasteiger partial charge in [0.1, 0.15) is 11.6 Å². The van der Waals surface area contributed by atoms with Crippen molar-refractivity contribution in [3.05, 3.63) is 18.3 Å². The van der Waals surface area contributed by atoms with Crippen LogP contribution in [0.4, 0.5) is 10.6 Å². The zero-order chi connectivity index (χ0) is 23.3. The Hall–Kier alpha value is -2.11. The number of anilines is 1. The first-order chi connectivity index (χ1) is 15.2. The third-order valence-electron chi connectivity index (χ3n) is 5.95. The zero-order valence-electron chi connectivity index (χ0n) is 19.0. The first-order valence-corrected chi connectivity index (χ1v) is 12.6. The summed E-state index contributed by atoms with van der Waals surface area (Å²) in [6.45, 7) is 7.19. The Morgan fingerprint density at radius 3 is 2.50 bits per heavy atom. The predicted molar refractivity (Wildman–Crippen MR) is 121 cm³/mol. The number of hydrogen-bond acceptors (Lipinski definition) is 7. The van der Waals surface area contributed by atoms with E-state index >= 15 is 0 Å². The van der Waals surface area contributed by atoms with Gasteiger partial charge in [-0.2, -0.15) is 4.31 Å². The Labute approximate surface area is 190 Å². The van der Waals surface area contributed by atoms with Crippen LogP contribution in [0.15, 0.2) is 18.3 Å². The second-order valence-electron chi connectivity index (χ2n) is 8.77. The third kappa shape index (κ3) is 6.23. The van der Waals surface area contributed by atoms with Gasteiger partial charge in [-0.1, -0.05) is 13.8 Å². The molecule has 2 unspecified atom stereocenters. The van der Waals surface area contributed by atoms with Crippen molar-refractivity contribution < 1.29 is 27.8 Å². The third-order valence-corrected chi connectivity index (χ3v) is 8.19. The molecule has 0 bridgehead atoms. The minimum absolute atomic E-state index is 0.108. The van der Waals surface area contributed by atoms with Gasteiger partial charge in [0.15, 0.2) is 0 Å². The quantitative estimate of drug-likeness (QED) is 0.609. The van der Waals surface area contributed by atoms with Crippen LogP contribution < -0.4 is 9.64 Å². The maximum atomic E-state index is 12.4. The molecule has 3 rings (SSSR count). The van der Waals surface area contributed by atoms with Crippen LogP contribution in [0.2, 0.25) is 0 Å². The predicted octanol–water partition coefficient (Wildman–Crippen LogP) is 1.58. The maximum Gasteiger partial charge on any atom is 0.407 e. The van der Waals surface area contributed by atoms with E-state index in [0.717, 1.165) is 5.82 Å². The molecule has 10 nitrogen and oxygen atoms in total. The fourth-order valence-corrected chi connectivity index (χ4v) is 5.94. The van der Waals surface area contributed by atoms with Gasteiger partial charge >= 0.3 is 6.09 Å². The smallest absolute Gasteiger partial charge is 0.407 e. The topological polar surface area (TPSA) is 113 Å². The molecule has 1 amide bonds. The van der Waals surface area contributed by atoms with Gasteiger partial charge in [0, 0.05) is 45.8 Å². The number of hydrogen-bond donors (Lipinski definition) is 1. The van der Waals surface area contributed by atoms with Crippen molar-refractivity contribution in [3.8, 4) is 5.75 Å². The number of sulfonamides is 1. The van der Waals surface area contributed by atoms with Crippen molar-refractivity contribution in [3.63, 3.8) is 0 Å². The minimum Gasteiger partial charge on any atom is -0.492 e. The summed E-state index contributed by atoms with van der Waals surface area (Å²) in [5, 5.41) is 9.16. The van der Waals surface area contributed by atoms with E-state index in [4.69, 9.17) is 14.6 Å². The van der Waals surface area contributed by atoms with Gasteiger partial charge in [0.05, 0.1) is 31.2 Å². The summed E-state index contributed by atoms with van der Waals surface area (Å²) in [4.78, 5) is 19.1. The van der Waals surface area contributed by atoms with Crippen molar-refractivity contribution >= 4 is 21.9 Å². The van der Waals surface area contributed by atoms with Gasteiger partial charge in [0.25, 0.3) is 0 Å². The number of ether oxygens (including phenoxy) is 2. The van der Waals surface area contributed by atoms with Crippen LogP contribution in [0.3, 0.4) is 0 Å². The highest BCUT2D eigenvalue weighted by molar-refractivity contribution is 7.89. The molecule has 3 heterocycles. The standard InChI is InChI=1S/C21H34N4O6S/c1-16(2)15-32(28,29)25-10-8-23(9-11-25)20-5-4-18(12-22-20)31-14-17-6-7-24(21(26)27)13-19(17)30-3/h4-5,12,16-17,19H,6-11,13-15H2,1-3H3,(H,26,27). The van der Waals surface area contributed by atoms with E-state index in [9.17, 15) is 13.2 Å². The molecular weight excluding hydrogens is 436 g/mol. The summed E-state index contributed by atoms with van der Waals surface area (Å²) in [6, 6.07) is 3.74. The monoisotopic (exact) mass is 470 g/mol. The Kier molecular flexibility index (Phi) is 8.18. The Bertz CT molecular complexity index is 856. The minimum atomic E-state index is -3.21. The highest BCUT2D eigenvalue weighted by atomic mass is 32.2. The molecule has 2 fully saturated rings. The van der Waals surface area contributed by atoms with Crippen LogP contribution in [-0.2, 0) is 14.8 Å². The maximum absolute atomic E-state index is 12.4. The van der Waals surface area contributed by atoms with Gasteiger partial charge in [0.2, 0.25) is 10.0 Å². The van der Waals surface area contributed by atoms with Crippen molar-refractivity contribution in [2.75, 3.05) is 63.6 Å². The second-order valence-corrected chi connectivity index (χ2v) is 10.8. The summed E-state index contributed by atoms with van der Waals surface area (Å²) in [7, 11) is -1.62. The zero-order valence-corrected chi connectivity index (χ0v) is 19.8. The van der Waals surface area contributed by atoms with E-state index in [2.05, 4.69) is 9.88 Å². The highest BCUT2D eigenvalue weighted by Gasteiger charge is 2.32. The largest absolute Gasteiger partial charge is 0.492 e. The lowest BCUT2D eigenvalue weighted by molar-refractivity contribution is -0.0210. The fraction of sp³-hybridized carbons (Fsp3) is 0.714. The number of carboxylic acid groups (broad SMARTS) is 1. The second kappa shape index (κ2) is 10.7. The van der Waals surface area contributed by atoms with Crippen LogP contribution >= 0.6 is 0 Å². The number of methoxy groups -OCH3 is 1. The van der Waals surface area contributed by atoms with E-state index in [1.54, 1.807) is 17.6 Å². The highest BCUT2D eigenvalue weighted by Crippen LogP contribution is 2.23. The van der Waals surface area contributed by atoms with Crippen molar-refractivity contribution in [2.24, 2.45) is 11.8 Å². The van der Waals surface area contributed by atoms with Crippen molar-refractivity contribution in [2.45, 2.75) is 26.4 Å². The van der Waals surface area contributed by atoms with Crippen LogP contribution in [0.1, 0.15) is 20.3 Å². The lowest BCUT2D eigenvalue weighted by Gasteiger charge is -2.36. The first kappa shape index (κ1) is 24.5. The molecule has 11 heteroatoms. The fourth-order valence-electron chi connectivity index (χ4n) is 4.17. The number of piperidine rings is 1. The molecule has 180 valence electrons. The Morgan fingerprint density at radius 2 is 1.94 bits per heavy atom. The number of aromatic nitrogens is 1. The van der Waals surface area contributed by atoms with Crippen LogP contribution in [0.25, 0.3) is 0 Å². The average Bonchev–Trinajstić information content (AvgIpc) is 2.77. The van der Waals surface area contributed by atoms with E-state index in [1.165, 1.54) is 4.90 Å². The first-order valence-electron chi connectivity index (χ1n) is 11.0. The van der Waals surface area contributed by atoms with Crippen LogP contribution in [0.5, 0.6) is 5.75 Å². The summed E-state index contributed by atoms with van der Waals surface area (Å²) in [5.74, 6) is 1.83. The molecule has 2 atom stereocenters. The SMILES string of the molecule is COC1CN(C(=O)O)CCC1COc1ccc(N2CCN(S(=O)(=O)CC(C)C)CC2)nc1. The Morgan fingerprint density at radius 1 is 1.22 bits per heavy atom. The van der Waals surface area contributed by atoms with Crippen molar-refractivity contribution in [1.29, 1.82) is 0 Å². The summed E-state index contributed by atoms with van der Waals surface area (Å²) >= 11 is 0. The molecule has 2 aliphatic rings.